The average molecular weight is 302 g/mol. The van der Waals surface area contributed by atoms with Crippen LogP contribution in [0.1, 0.15) is 64.7 Å². The fourth-order valence-electron chi connectivity index (χ4n) is 2.26. The smallest absolute Gasteiger partial charge is 0.0834 e. The average Bonchev–Trinajstić information content (AvgIpc) is 2.80. The SMILES string of the molecule is CCCNC(CCC(C)OC)c1c(Cl)cnn1C(C)C. The number of methoxy groups -OCH3 is 1. The van der Waals surface area contributed by atoms with Crippen molar-refractivity contribution < 1.29 is 4.74 Å². The number of hydrogen-bond donors (Lipinski definition) is 1. The van der Waals surface area contributed by atoms with E-state index in [-0.39, 0.29) is 12.1 Å². The van der Waals surface area contributed by atoms with Gasteiger partial charge < -0.3 is 10.1 Å². The van der Waals surface area contributed by atoms with Gasteiger partial charge in [-0.2, -0.15) is 5.10 Å². The van der Waals surface area contributed by atoms with Gasteiger partial charge in [0, 0.05) is 13.2 Å². The van der Waals surface area contributed by atoms with E-state index in [0.29, 0.717) is 6.04 Å². The fourth-order valence-corrected chi connectivity index (χ4v) is 2.52. The highest BCUT2D eigenvalue weighted by Crippen LogP contribution is 2.29. The van der Waals surface area contributed by atoms with Crippen molar-refractivity contribution in [1.29, 1.82) is 0 Å². The Morgan fingerprint density at radius 2 is 2.05 bits per heavy atom. The summed E-state index contributed by atoms with van der Waals surface area (Å²) >= 11 is 6.36. The molecule has 2 atom stereocenters. The predicted octanol–water partition coefficient (Wildman–Crippen LogP) is 3.97. The summed E-state index contributed by atoms with van der Waals surface area (Å²) in [6.07, 6.45) is 5.10. The van der Waals surface area contributed by atoms with Crippen LogP contribution in [0.15, 0.2) is 6.20 Å². The lowest BCUT2D eigenvalue weighted by Crippen LogP contribution is -2.26. The zero-order valence-corrected chi connectivity index (χ0v) is 14.1. The van der Waals surface area contributed by atoms with Gasteiger partial charge in [-0.05, 0) is 46.6 Å². The highest BCUT2D eigenvalue weighted by atomic mass is 35.5. The summed E-state index contributed by atoms with van der Waals surface area (Å²) in [6, 6.07) is 0.535. The number of halogens is 1. The van der Waals surface area contributed by atoms with Gasteiger partial charge in [-0.3, -0.25) is 4.68 Å². The van der Waals surface area contributed by atoms with Crippen molar-refractivity contribution in [3.05, 3.63) is 16.9 Å². The predicted molar refractivity (Wildman–Crippen MR) is 84.4 cm³/mol. The Kier molecular flexibility index (Phi) is 7.56. The Balaban J connectivity index is 2.88. The summed E-state index contributed by atoms with van der Waals surface area (Å²) in [5.74, 6) is 0. The van der Waals surface area contributed by atoms with Gasteiger partial charge in [-0.1, -0.05) is 18.5 Å². The van der Waals surface area contributed by atoms with E-state index in [1.807, 2.05) is 4.68 Å². The Hall–Kier alpha value is -0.580. The van der Waals surface area contributed by atoms with Gasteiger partial charge in [0.25, 0.3) is 0 Å². The second-order valence-corrected chi connectivity index (χ2v) is 5.95. The molecule has 0 spiro atoms. The minimum atomic E-state index is 0.227. The maximum Gasteiger partial charge on any atom is 0.0834 e. The quantitative estimate of drug-likeness (QED) is 0.750. The minimum Gasteiger partial charge on any atom is -0.382 e. The molecule has 1 N–H and O–H groups in total. The molecule has 0 aromatic carbocycles. The van der Waals surface area contributed by atoms with Crippen LogP contribution in [0.4, 0.5) is 0 Å². The summed E-state index contributed by atoms with van der Waals surface area (Å²) in [7, 11) is 1.75. The van der Waals surface area contributed by atoms with Gasteiger partial charge in [0.15, 0.2) is 0 Å². The second kappa shape index (κ2) is 8.65. The third-order valence-corrected chi connectivity index (χ3v) is 3.80. The first-order valence-electron chi connectivity index (χ1n) is 7.50. The van der Waals surface area contributed by atoms with Crippen LogP contribution in [-0.2, 0) is 4.74 Å². The van der Waals surface area contributed by atoms with E-state index >= 15 is 0 Å². The van der Waals surface area contributed by atoms with Crippen LogP contribution in [-0.4, -0.2) is 29.5 Å². The van der Waals surface area contributed by atoms with Crippen molar-refractivity contribution in [2.75, 3.05) is 13.7 Å². The molecule has 0 aliphatic carbocycles. The summed E-state index contributed by atoms with van der Waals surface area (Å²) in [6.45, 7) is 9.50. The lowest BCUT2D eigenvalue weighted by atomic mass is 10.0. The highest BCUT2D eigenvalue weighted by molar-refractivity contribution is 6.31. The van der Waals surface area contributed by atoms with Gasteiger partial charge in [0.1, 0.15) is 0 Å². The molecule has 20 heavy (non-hydrogen) atoms. The summed E-state index contributed by atoms with van der Waals surface area (Å²) in [5, 5.41) is 8.74. The molecular formula is C15H28ClN3O. The van der Waals surface area contributed by atoms with E-state index in [9.17, 15) is 0 Å². The lowest BCUT2D eigenvalue weighted by molar-refractivity contribution is 0.105. The molecular weight excluding hydrogens is 274 g/mol. The maximum atomic E-state index is 6.36. The molecule has 116 valence electrons. The first-order chi connectivity index (χ1) is 9.51. The van der Waals surface area contributed by atoms with Crippen LogP contribution in [0.2, 0.25) is 5.02 Å². The molecule has 0 aliphatic heterocycles. The van der Waals surface area contributed by atoms with E-state index in [4.69, 9.17) is 16.3 Å². The van der Waals surface area contributed by atoms with E-state index < -0.39 is 0 Å². The van der Waals surface area contributed by atoms with Crippen molar-refractivity contribution in [3.63, 3.8) is 0 Å². The van der Waals surface area contributed by atoms with Gasteiger partial charge >= 0.3 is 0 Å². The standard InChI is InChI=1S/C15H28ClN3O/c1-6-9-17-14(8-7-12(4)20-5)15-13(16)10-18-19(15)11(2)3/h10-12,14,17H,6-9H2,1-5H3. The molecule has 2 unspecified atom stereocenters. The van der Waals surface area contributed by atoms with Crippen LogP contribution in [0.25, 0.3) is 0 Å². The molecule has 0 fully saturated rings. The van der Waals surface area contributed by atoms with E-state index in [2.05, 4.69) is 38.1 Å². The Morgan fingerprint density at radius 1 is 1.35 bits per heavy atom. The molecule has 1 aromatic rings. The number of nitrogens with one attached hydrogen (secondary N) is 1. The fraction of sp³-hybridized carbons (Fsp3) is 0.800. The third-order valence-electron chi connectivity index (χ3n) is 3.51. The van der Waals surface area contributed by atoms with Crippen LogP contribution in [0.3, 0.4) is 0 Å². The van der Waals surface area contributed by atoms with E-state index in [0.717, 1.165) is 36.5 Å². The molecule has 0 bridgehead atoms. The Bertz CT molecular complexity index is 392. The summed E-state index contributed by atoms with van der Waals surface area (Å²) in [4.78, 5) is 0. The molecule has 1 heterocycles. The van der Waals surface area contributed by atoms with E-state index in [1.165, 1.54) is 0 Å². The third kappa shape index (κ3) is 4.76. The largest absolute Gasteiger partial charge is 0.382 e. The van der Waals surface area contributed by atoms with Crippen molar-refractivity contribution >= 4 is 11.6 Å². The highest BCUT2D eigenvalue weighted by Gasteiger charge is 2.21. The van der Waals surface area contributed by atoms with Gasteiger partial charge in [-0.15, -0.1) is 0 Å². The summed E-state index contributed by atoms with van der Waals surface area (Å²) in [5.41, 5.74) is 1.10. The lowest BCUT2D eigenvalue weighted by Gasteiger charge is -2.23. The number of aromatic nitrogens is 2. The zero-order chi connectivity index (χ0) is 15.1. The topological polar surface area (TPSA) is 39.1 Å². The number of ether oxygens (including phenoxy) is 1. The van der Waals surface area contributed by atoms with Crippen LogP contribution in [0.5, 0.6) is 0 Å². The Labute approximate surface area is 127 Å². The van der Waals surface area contributed by atoms with Gasteiger partial charge in [-0.25, -0.2) is 0 Å². The van der Waals surface area contributed by atoms with E-state index in [1.54, 1.807) is 13.3 Å². The maximum absolute atomic E-state index is 6.36. The van der Waals surface area contributed by atoms with Crippen molar-refractivity contribution in [2.24, 2.45) is 0 Å². The van der Waals surface area contributed by atoms with Gasteiger partial charge in [0.2, 0.25) is 0 Å². The number of nitrogens with zero attached hydrogens (tertiary/aromatic N) is 2. The Morgan fingerprint density at radius 3 is 2.60 bits per heavy atom. The minimum absolute atomic E-state index is 0.227. The number of hydrogen-bond acceptors (Lipinski definition) is 3. The van der Waals surface area contributed by atoms with Crippen LogP contribution >= 0.6 is 11.6 Å². The molecule has 0 radical (unpaired) electrons. The first kappa shape index (κ1) is 17.5. The van der Waals surface area contributed by atoms with Crippen molar-refractivity contribution in [3.8, 4) is 0 Å². The van der Waals surface area contributed by atoms with Crippen LogP contribution in [0, 0.1) is 0 Å². The monoisotopic (exact) mass is 301 g/mol. The normalized spacial score (nSPS) is 14.8. The number of rotatable bonds is 9. The molecule has 5 heteroatoms. The molecule has 0 aliphatic rings. The second-order valence-electron chi connectivity index (χ2n) is 5.55. The first-order valence-corrected chi connectivity index (χ1v) is 7.88. The van der Waals surface area contributed by atoms with Crippen molar-refractivity contribution in [1.82, 2.24) is 15.1 Å². The molecule has 4 nitrogen and oxygen atoms in total. The zero-order valence-electron chi connectivity index (χ0n) is 13.3. The molecule has 0 saturated heterocycles. The molecule has 0 amide bonds. The van der Waals surface area contributed by atoms with Crippen LogP contribution < -0.4 is 5.32 Å². The van der Waals surface area contributed by atoms with Crippen molar-refractivity contribution in [2.45, 2.75) is 65.1 Å². The molecule has 1 aromatic heterocycles. The molecule has 1 rings (SSSR count). The molecule has 0 saturated carbocycles. The summed E-state index contributed by atoms with van der Waals surface area (Å²) < 4.78 is 7.37. The van der Waals surface area contributed by atoms with Gasteiger partial charge in [0.05, 0.1) is 29.1 Å².